The molecule has 1 aliphatic rings. The lowest BCUT2D eigenvalue weighted by atomic mass is 10.2. The maximum atomic E-state index is 5.47. The summed E-state index contributed by atoms with van der Waals surface area (Å²) in [5.74, 6) is 0. The van der Waals surface area contributed by atoms with Gasteiger partial charge < -0.3 is 14.8 Å². The number of benzene rings is 1. The number of hydrogen-bond donors (Lipinski definition) is 1. The van der Waals surface area contributed by atoms with Crippen molar-refractivity contribution in [2.75, 3.05) is 31.5 Å². The molecule has 1 N–H and O–H groups in total. The molecule has 0 radical (unpaired) electrons. The van der Waals surface area contributed by atoms with E-state index in [-0.39, 0.29) is 6.10 Å². The second-order valence-corrected chi connectivity index (χ2v) is 4.60. The van der Waals surface area contributed by atoms with Crippen LogP contribution in [0.1, 0.15) is 6.42 Å². The van der Waals surface area contributed by atoms with Gasteiger partial charge in [-0.25, -0.2) is 0 Å². The normalized spacial score (nSPS) is 20.7. The highest BCUT2D eigenvalue weighted by atomic mass is 32.2. The van der Waals surface area contributed by atoms with Gasteiger partial charge in [0.2, 0.25) is 0 Å². The summed E-state index contributed by atoms with van der Waals surface area (Å²) in [6, 6.07) is 8.42. The highest BCUT2D eigenvalue weighted by molar-refractivity contribution is 7.98. The van der Waals surface area contributed by atoms with Crippen LogP contribution in [-0.4, -0.2) is 32.3 Å². The molecule has 0 aliphatic carbocycles. The fraction of sp³-hybridized carbons (Fsp3) is 0.500. The fourth-order valence-corrected chi connectivity index (χ4v) is 2.09. The van der Waals surface area contributed by atoms with Gasteiger partial charge in [-0.2, -0.15) is 0 Å². The highest BCUT2D eigenvalue weighted by Crippen LogP contribution is 2.19. The van der Waals surface area contributed by atoms with E-state index in [9.17, 15) is 0 Å². The minimum atomic E-state index is 0.270. The first-order valence-electron chi connectivity index (χ1n) is 5.46. The predicted molar refractivity (Wildman–Crippen MR) is 67.0 cm³/mol. The Kier molecular flexibility index (Phi) is 4.51. The van der Waals surface area contributed by atoms with Crippen LogP contribution in [0.15, 0.2) is 29.2 Å². The summed E-state index contributed by atoms with van der Waals surface area (Å²) in [5.41, 5.74) is 1.15. The number of nitrogens with one attached hydrogen (secondary N) is 1. The van der Waals surface area contributed by atoms with Gasteiger partial charge in [0.25, 0.3) is 0 Å². The molecule has 88 valence electrons. The third-order valence-electron chi connectivity index (χ3n) is 2.57. The Morgan fingerprint density at radius 2 is 2.44 bits per heavy atom. The number of ether oxygens (including phenoxy) is 2. The summed E-state index contributed by atoms with van der Waals surface area (Å²) in [6.07, 6.45) is 3.32. The second kappa shape index (κ2) is 6.13. The molecule has 0 amide bonds. The summed E-state index contributed by atoms with van der Waals surface area (Å²) in [6.45, 7) is 2.08. The van der Waals surface area contributed by atoms with E-state index >= 15 is 0 Å². The third-order valence-corrected chi connectivity index (χ3v) is 3.30. The maximum absolute atomic E-state index is 5.47. The smallest absolute Gasteiger partial charge is 0.147 e. The lowest BCUT2D eigenvalue weighted by Gasteiger charge is -2.23. The van der Waals surface area contributed by atoms with Crippen molar-refractivity contribution in [2.45, 2.75) is 17.4 Å². The molecule has 1 heterocycles. The van der Waals surface area contributed by atoms with Crippen LogP contribution < -0.4 is 5.32 Å². The van der Waals surface area contributed by atoms with Gasteiger partial charge >= 0.3 is 0 Å². The average Bonchev–Trinajstić information content (AvgIpc) is 2.38. The summed E-state index contributed by atoms with van der Waals surface area (Å²) in [5, 5.41) is 3.40. The van der Waals surface area contributed by atoms with Crippen LogP contribution in [0.3, 0.4) is 0 Å². The number of hydrogen-bond acceptors (Lipinski definition) is 4. The van der Waals surface area contributed by atoms with Crippen LogP contribution in [-0.2, 0) is 9.47 Å². The minimum absolute atomic E-state index is 0.270. The van der Waals surface area contributed by atoms with Gasteiger partial charge in [0.05, 0.1) is 12.7 Å². The third kappa shape index (κ3) is 3.40. The van der Waals surface area contributed by atoms with Gasteiger partial charge in [-0.1, -0.05) is 6.07 Å². The van der Waals surface area contributed by atoms with Crippen LogP contribution >= 0.6 is 11.8 Å². The monoisotopic (exact) mass is 239 g/mol. The molecular formula is C12H17NO2S. The summed E-state index contributed by atoms with van der Waals surface area (Å²) >= 11 is 1.75. The van der Waals surface area contributed by atoms with Crippen LogP contribution in [0.5, 0.6) is 0 Å². The Morgan fingerprint density at radius 3 is 3.19 bits per heavy atom. The maximum Gasteiger partial charge on any atom is 0.147 e. The Morgan fingerprint density at radius 1 is 1.50 bits per heavy atom. The molecule has 16 heavy (non-hydrogen) atoms. The molecule has 0 bridgehead atoms. The Labute approximate surface area is 101 Å². The van der Waals surface area contributed by atoms with E-state index in [1.54, 1.807) is 11.8 Å². The molecule has 0 spiro atoms. The second-order valence-electron chi connectivity index (χ2n) is 3.72. The van der Waals surface area contributed by atoms with Crippen LogP contribution in [0.25, 0.3) is 0 Å². The molecule has 1 unspecified atom stereocenters. The Balaban J connectivity index is 1.83. The molecule has 0 aromatic heterocycles. The average molecular weight is 239 g/mol. The van der Waals surface area contributed by atoms with Gasteiger partial charge in [-0.3, -0.25) is 0 Å². The molecular weight excluding hydrogens is 222 g/mol. The standard InChI is InChI=1S/C12H17NO2S/c1-16-12-4-2-3-10(7-12)13-8-11-5-6-14-9-15-11/h2-4,7,11,13H,5-6,8-9H2,1H3. The van der Waals surface area contributed by atoms with E-state index < -0.39 is 0 Å². The first-order chi connectivity index (χ1) is 7.88. The lowest BCUT2D eigenvalue weighted by Crippen LogP contribution is -2.30. The van der Waals surface area contributed by atoms with E-state index in [1.807, 2.05) is 0 Å². The van der Waals surface area contributed by atoms with E-state index in [0.717, 1.165) is 25.3 Å². The van der Waals surface area contributed by atoms with E-state index in [1.165, 1.54) is 4.90 Å². The molecule has 3 nitrogen and oxygen atoms in total. The zero-order valence-corrected chi connectivity index (χ0v) is 10.3. The van der Waals surface area contributed by atoms with E-state index in [0.29, 0.717) is 6.79 Å². The minimum Gasteiger partial charge on any atom is -0.382 e. The number of rotatable bonds is 4. The molecule has 1 saturated heterocycles. The van der Waals surface area contributed by atoms with Gasteiger partial charge in [-0.05, 0) is 30.9 Å². The van der Waals surface area contributed by atoms with Crippen molar-refractivity contribution in [1.82, 2.24) is 0 Å². The molecule has 1 fully saturated rings. The molecule has 1 aromatic carbocycles. The SMILES string of the molecule is CSc1cccc(NCC2CCOCO2)c1. The van der Waals surface area contributed by atoms with E-state index in [4.69, 9.17) is 9.47 Å². The van der Waals surface area contributed by atoms with Crippen molar-refractivity contribution in [3.05, 3.63) is 24.3 Å². The molecule has 4 heteroatoms. The van der Waals surface area contributed by atoms with Crippen LogP contribution in [0.2, 0.25) is 0 Å². The van der Waals surface area contributed by atoms with Gasteiger partial charge in [0.15, 0.2) is 0 Å². The highest BCUT2D eigenvalue weighted by Gasteiger charge is 2.13. The van der Waals surface area contributed by atoms with Crippen molar-refractivity contribution in [3.8, 4) is 0 Å². The quantitative estimate of drug-likeness (QED) is 0.818. The predicted octanol–water partition coefficient (Wildman–Crippen LogP) is 2.58. The summed E-state index contributed by atoms with van der Waals surface area (Å²) in [7, 11) is 0. The van der Waals surface area contributed by atoms with Gasteiger partial charge in [0.1, 0.15) is 6.79 Å². The molecule has 1 aromatic rings. The Hall–Kier alpha value is -0.710. The van der Waals surface area contributed by atoms with Crippen molar-refractivity contribution < 1.29 is 9.47 Å². The van der Waals surface area contributed by atoms with Crippen molar-refractivity contribution in [3.63, 3.8) is 0 Å². The zero-order chi connectivity index (χ0) is 11.2. The van der Waals surface area contributed by atoms with Crippen molar-refractivity contribution in [1.29, 1.82) is 0 Å². The number of thioether (sulfide) groups is 1. The lowest BCUT2D eigenvalue weighted by molar-refractivity contribution is -0.133. The Bertz CT molecular complexity index is 327. The molecule has 1 aliphatic heterocycles. The fourth-order valence-electron chi connectivity index (χ4n) is 1.63. The van der Waals surface area contributed by atoms with Crippen molar-refractivity contribution in [2.24, 2.45) is 0 Å². The molecule has 1 atom stereocenters. The molecule has 2 rings (SSSR count). The van der Waals surface area contributed by atoms with Gasteiger partial charge in [-0.15, -0.1) is 11.8 Å². The topological polar surface area (TPSA) is 30.5 Å². The zero-order valence-electron chi connectivity index (χ0n) is 9.44. The van der Waals surface area contributed by atoms with Crippen molar-refractivity contribution >= 4 is 17.4 Å². The molecule has 0 saturated carbocycles. The largest absolute Gasteiger partial charge is 0.382 e. The van der Waals surface area contributed by atoms with Crippen LogP contribution in [0.4, 0.5) is 5.69 Å². The van der Waals surface area contributed by atoms with Gasteiger partial charge in [0, 0.05) is 17.1 Å². The summed E-state index contributed by atoms with van der Waals surface area (Å²) < 4.78 is 10.6. The van der Waals surface area contributed by atoms with E-state index in [2.05, 4.69) is 35.8 Å². The first-order valence-corrected chi connectivity index (χ1v) is 6.68. The number of anilines is 1. The van der Waals surface area contributed by atoms with Crippen LogP contribution in [0, 0.1) is 0 Å². The first kappa shape index (κ1) is 11.8. The summed E-state index contributed by atoms with van der Waals surface area (Å²) in [4.78, 5) is 1.28.